The smallest absolute Gasteiger partial charge is 0.325 e. The van der Waals surface area contributed by atoms with Crippen LogP contribution in [0.1, 0.15) is 29.1 Å². The minimum atomic E-state index is -0.448. The third-order valence-corrected chi connectivity index (χ3v) is 4.05. The lowest BCUT2D eigenvalue weighted by Crippen LogP contribution is -2.20. The Morgan fingerprint density at radius 1 is 1.28 bits per heavy atom. The van der Waals surface area contributed by atoms with Crippen LogP contribution in [-0.4, -0.2) is 30.6 Å². The third kappa shape index (κ3) is 5.46. The average Bonchev–Trinajstić information content (AvgIpc) is 3.02. The molecule has 0 aliphatic carbocycles. The standard InChI is InChI=1S/C17H22N4O3S/c1-10(2)9-24-13-7-11(3)5-6-12(13)20-16(23)21-17-19-8-14(25-17)15(22)18-4/h5-8,10H,9H2,1-4H3,(H,18,22)(H2,19,20,21,23). The van der Waals surface area contributed by atoms with E-state index in [1.807, 2.05) is 19.1 Å². The van der Waals surface area contributed by atoms with Crippen LogP contribution in [0.3, 0.4) is 0 Å². The molecule has 0 fully saturated rings. The number of nitrogens with one attached hydrogen (secondary N) is 3. The number of carbonyl (C=O) groups is 2. The monoisotopic (exact) mass is 362 g/mol. The van der Waals surface area contributed by atoms with Crippen LogP contribution in [0.2, 0.25) is 0 Å². The van der Waals surface area contributed by atoms with Crippen LogP contribution in [0, 0.1) is 12.8 Å². The highest BCUT2D eigenvalue weighted by Gasteiger charge is 2.13. The first kappa shape index (κ1) is 18.7. The molecule has 2 rings (SSSR count). The molecule has 2 aromatic rings. The molecular formula is C17H22N4O3S. The summed E-state index contributed by atoms with van der Waals surface area (Å²) in [6, 6.07) is 5.12. The highest BCUT2D eigenvalue weighted by molar-refractivity contribution is 7.17. The second-order valence-corrected chi connectivity index (χ2v) is 6.92. The number of anilines is 2. The van der Waals surface area contributed by atoms with Gasteiger partial charge in [-0.15, -0.1) is 0 Å². The van der Waals surface area contributed by atoms with Crippen LogP contribution in [0.15, 0.2) is 24.4 Å². The van der Waals surface area contributed by atoms with Gasteiger partial charge in [0.05, 0.1) is 18.5 Å². The number of nitrogens with zero attached hydrogens (tertiary/aromatic N) is 1. The number of thiazole rings is 1. The Labute approximate surface area is 150 Å². The van der Waals surface area contributed by atoms with E-state index in [0.29, 0.717) is 34.0 Å². The summed E-state index contributed by atoms with van der Waals surface area (Å²) in [6.45, 7) is 6.63. The molecule has 0 saturated carbocycles. The molecule has 1 aromatic heterocycles. The molecular weight excluding hydrogens is 340 g/mol. The third-order valence-electron chi connectivity index (χ3n) is 3.13. The normalized spacial score (nSPS) is 10.4. The predicted molar refractivity (Wildman–Crippen MR) is 99.7 cm³/mol. The van der Waals surface area contributed by atoms with Crippen LogP contribution < -0.4 is 20.7 Å². The molecule has 7 nitrogen and oxygen atoms in total. The minimum absolute atomic E-state index is 0.242. The number of aryl methyl sites for hydroxylation is 1. The molecule has 0 unspecified atom stereocenters. The van der Waals surface area contributed by atoms with Gasteiger partial charge in [0.2, 0.25) is 0 Å². The molecule has 8 heteroatoms. The zero-order valence-corrected chi connectivity index (χ0v) is 15.5. The number of carbonyl (C=O) groups excluding carboxylic acids is 2. The first-order valence-corrected chi connectivity index (χ1v) is 8.70. The second kappa shape index (κ2) is 8.48. The molecule has 0 spiro atoms. The number of urea groups is 1. The fraction of sp³-hybridized carbons (Fsp3) is 0.353. The molecule has 134 valence electrons. The largest absolute Gasteiger partial charge is 0.491 e. The summed E-state index contributed by atoms with van der Waals surface area (Å²) in [5.74, 6) is 0.753. The minimum Gasteiger partial charge on any atom is -0.491 e. The second-order valence-electron chi connectivity index (χ2n) is 5.89. The average molecular weight is 362 g/mol. The number of aromatic nitrogens is 1. The SMILES string of the molecule is CNC(=O)c1cnc(NC(=O)Nc2ccc(C)cc2OCC(C)C)s1. The van der Waals surface area contributed by atoms with Gasteiger partial charge in [-0.2, -0.15) is 0 Å². The van der Waals surface area contributed by atoms with Gasteiger partial charge in [0.15, 0.2) is 5.13 Å². The van der Waals surface area contributed by atoms with Crippen molar-refractivity contribution in [2.24, 2.45) is 5.92 Å². The van der Waals surface area contributed by atoms with Crippen molar-refractivity contribution < 1.29 is 14.3 Å². The maximum absolute atomic E-state index is 12.2. The summed E-state index contributed by atoms with van der Waals surface area (Å²) in [5.41, 5.74) is 1.62. The fourth-order valence-corrected chi connectivity index (χ4v) is 2.68. The Balaban J connectivity index is 2.04. The van der Waals surface area contributed by atoms with Crippen molar-refractivity contribution in [2.45, 2.75) is 20.8 Å². The Kier molecular flexibility index (Phi) is 6.35. The number of rotatable bonds is 6. The fourth-order valence-electron chi connectivity index (χ4n) is 1.92. The summed E-state index contributed by atoms with van der Waals surface area (Å²) in [4.78, 5) is 28.2. The number of amides is 3. The van der Waals surface area contributed by atoms with Crippen molar-refractivity contribution in [1.82, 2.24) is 10.3 Å². The van der Waals surface area contributed by atoms with Gasteiger partial charge in [0.1, 0.15) is 10.6 Å². The number of hydrogen-bond acceptors (Lipinski definition) is 5. The zero-order chi connectivity index (χ0) is 18.4. The van der Waals surface area contributed by atoms with Gasteiger partial charge in [-0.25, -0.2) is 9.78 Å². The van der Waals surface area contributed by atoms with E-state index in [-0.39, 0.29) is 5.91 Å². The molecule has 1 aromatic carbocycles. The number of hydrogen-bond donors (Lipinski definition) is 3. The maximum atomic E-state index is 12.2. The Morgan fingerprint density at radius 3 is 2.72 bits per heavy atom. The summed E-state index contributed by atoms with van der Waals surface area (Å²) in [7, 11) is 1.54. The van der Waals surface area contributed by atoms with Crippen LogP contribution in [0.5, 0.6) is 5.75 Å². The molecule has 25 heavy (non-hydrogen) atoms. The van der Waals surface area contributed by atoms with E-state index in [2.05, 4.69) is 34.8 Å². The number of ether oxygens (including phenoxy) is 1. The molecule has 3 N–H and O–H groups in total. The Bertz CT molecular complexity index is 758. The first-order valence-electron chi connectivity index (χ1n) is 7.88. The lowest BCUT2D eigenvalue weighted by molar-refractivity contribution is 0.0967. The van der Waals surface area contributed by atoms with Crippen LogP contribution in [0.25, 0.3) is 0 Å². The zero-order valence-electron chi connectivity index (χ0n) is 14.7. The van der Waals surface area contributed by atoms with Crippen molar-refractivity contribution in [2.75, 3.05) is 24.3 Å². The van der Waals surface area contributed by atoms with Crippen molar-refractivity contribution in [3.8, 4) is 5.75 Å². The van der Waals surface area contributed by atoms with E-state index in [1.54, 1.807) is 6.07 Å². The van der Waals surface area contributed by atoms with E-state index in [9.17, 15) is 9.59 Å². The lowest BCUT2D eigenvalue weighted by Gasteiger charge is -2.14. The van der Waals surface area contributed by atoms with Crippen molar-refractivity contribution in [3.05, 3.63) is 34.8 Å². The van der Waals surface area contributed by atoms with Gasteiger partial charge in [-0.05, 0) is 30.5 Å². The Morgan fingerprint density at radius 2 is 2.04 bits per heavy atom. The van der Waals surface area contributed by atoms with E-state index in [0.717, 1.165) is 16.9 Å². The molecule has 0 saturated heterocycles. The van der Waals surface area contributed by atoms with Crippen LogP contribution in [0.4, 0.5) is 15.6 Å². The van der Waals surface area contributed by atoms with E-state index in [1.165, 1.54) is 13.2 Å². The highest BCUT2D eigenvalue weighted by Crippen LogP contribution is 2.27. The lowest BCUT2D eigenvalue weighted by atomic mass is 10.2. The topological polar surface area (TPSA) is 92.4 Å². The summed E-state index contributed by atoms with van der Waals surface area (Å²) >= 11 is 1.10. The van der Waals surface area contributed by atoms with Crippen molar-refractivity contribution >= 4 is 34.1 Å². The molecule has 3 amide bonds. The molecule has 1 heterocycles. The maximum Gasteiger partial charge on any atom is 0.325 e. The van der Waals surface area contributed by atoms with E-state index < -0.39 is 6.03 Å². The molecule has 0 atom stereocenters. The summed E-state index contributed by atoms with van der Waals surface area (Å²) < 4.78 is 5.77. The summed E-state index contributed by atoms with van der Waals surface area (Å²) in [5, 5.41) is 8.22. The van der Waals surface area contributed by atoms with Gasteiger partial charge >= 0.3 is 6.03 Å². The highest BCUT2D eigenvalue weighted by atomic mass is 32.1. The van der Waals surface area contributed by atoms with Gasteiger partial charge in [-0.3, -0.25) is 10.1 Å². The van der Waals surface area contributed by atoms with Crippen LogP contribution >= 0.6 is 11.3 Å². The number of benzene rings is 1. The van der Waals surface area contributed by atoms with E-state index in [4.69, 9.17) is 4.74 Å². The molecule has 0 bridgehead atoms. The quantitative estimate of drug-likeness (QED) is 0.733. The molecule has 0 radical (unpaired) electrons. The van der Waals surface area contributed by atoms with Gasteiger partial charge in [0, 0.05) is 7.05 Å². The van der Waals surface area contributed by atoms with Gasteiger partial charge in [0.25, 0.3) is 5.91 Å². The molecule has 0 aliphatic rings. The van der Waals surface area contributed by atoms with Gasteiger partial charge < -0.3 is 15.4 Å². The van der Waals surface area contributed by atoms with E-state index >= 15 is 0 Å². The van der Waals surface area contributed by atoms with Crippen molar-refractivity contribution in [3.63, 3.8) is 0 Å². The predicted octanol–water partition coefficient (Wildman–Crippen LogP) is 3.49. The first-order chi connectivity index (χ1) is 11.9. The molecule has 0 aliphatic heterocycles. The van der Waals surface area contributed by atoms with Gasteiger partial charge in [-0.1, -0.05) is 31.3 Å². The van der Waals surface area contributed by atoms with Crippen LogP contribution in [-0.2, 0) is 0 Å². The van der Waals surface area contributed by atoms with Crippen molar-refractivity contribution in [1.29, 1.82) is 0 Å². The Hall–Kier alpha value is -2.61. The summed E-state index contributed by atoms with van der Waals surface area (Å²) in [6.07, 6.45) is 1.42.